The van der Waals surface area contributed by atoms with Crippen LogP contribution in [0.2, 0.25) is 0 Å². The molecule has 1 amide bonds. The van der Waals surface area contributed by atoms with E-state index in [4.69, 9.17) is 0 Å². The predicted octanol–water partition coefficient (Wildman–Crippen LogP) is 2.81. The summed E-state index contributed by atoms with van der Waals surface area (Å²) in [6.07, 6.45) is 0. The number of amides is 1. The minimum Gasteiger partial charge on any atom is -0.322 e. The molecule has 1 aromatic rings. The maximum absolute atomic E-state index is 11.2. The molecule has 0 unspecified atom stereocenters. The van der Waals surface area contributed by atoms with Crippen molar-refractivity contribution in [1.82, 2.24) is 0 Å². The number of halogens is 1. The van der Waals surface area contributed by atoms with Gasteiger partial charge in [0.05, 0.1) is 0 Å². The van der Waals surface area contributed by atoms with E-state index < -0.39 is 0 Å². The van der Waals surface area contributed by atoms with Crippen LogP contribution in [0.1, 0.15) is 6.92 Å². The largest absolute Gasteiger partial charge is 0.322 e. The van der Waals surface area contributed by atoms with E-state index in [2.05, 4.69) is 34.5 Å². The quantitative estimate of drug-likeness (QED) is 0.657. The number of carbonyl (C=O) groups excluding carboxylic acids is 1. The van der Waals surface area contributed by atoms with Gasteiger partial charge in [0.2, 0.25) is 0 Å². The molecule has 0 bridgehead atoms. The topological polar surface area (TPSA) is 29.1 Å². The van der Waals surface area contributed by atoms with Crippen molar-refractivity contribution in [3.05, 3.63) is 40.0 Å². The summed E-state index contributed by atoms with van der Waals surface area (Å²) in [5.41, 5.74) is 1.31. The fraction of sp³-hybridized carbons (Fsp3) is 0.100. The number of hydrogen-bond acceptors (Lipinski definition) is 1. The molecule has 0 atom stereocenters. The van der Waals surface area contributed by atoms with Gasteiger partial charge in [0.25, 0.3) is 5.91 Å². The van der Waals surface area contributed by atoms with E-state index in [-0.39, 0.29) is 5.91 Å². The molecular formula is C10H10INO. The van der Waals surface area contributed by atoms with Crippen molar-refractivity contribution in [2.24, 2.45) is 0 Å². The van der Waals surface area contributed by atoms with Gasteiger partial charge >= 0.3 is 0 Å². The van der Waals surface area contributed by atoms with Crippen molar-refractivity contribution in [3.8, 4) is 0 Å². The molecule has 1 aromatic carbocycles. The minimum absolute atomic E-state index is 0.138. The Hall–Kier alpha value is -0.840. The van der Waals surface area contributed by atoms with E-state index in [1.807, 2.05) is 24.3 Å². The van der Waals surface area contributed by atoms with Crippen molar-refractivity contribution in [3.63, 3.8) is 0 Å². The monoisotopic (exact) mass is 287 g/mol. The molecule has 13 heavy (non-hydrogen) atoms. The lowest BCUT2D eigenvalue weighted by molar-refractivity contribution is -0.112. The van der Waals surface area contributed by atoms with Gasteiger partial charge in [-0.3, -0.25) is 4.79 Å². The Balaban J connectivity index is 2.70. The third kappa shape index (κ3) is 3.18. The summed E-state index contributed by atoms with van der Waals surface area (Å²) >= 11 is 2.21. The first-order valence-electron chi connectivity index (χ1n) is 3.82. The third-order valence-electron chi connectivity index (χ3n) is 1.49. The van der Waals surface area contributed by atoms with E-state index in [1.54, 1.807) is 6.92 Å². The molecule has 0 aromatic heterocycles. The van der Waals surface area contributed by atoms with E-state index in [0.717, 1.165) is 9.26 Å². The molecule has 0 spiro atoms. The Bertz CT molecular complexity index is 329. The summed E-state index contributed by atoms with van der Waals surface area (Å²) in [6, 6.07) is 7.61. The normalized spacial score (nSPS) is 9.38. The van der Waals surface area contributed by atoms with Crippen LogP contribution in [0.3, 0.4) is 0 Å². The summed E-state index contributed by atoms with van der Waals surface area (Å²) in [7, 11) is 0. The lowest BCUT2D eigenvalue weighted by atomic mass is 10.3. The molecule has 0 fully saturated rings. The molecule has 0 aliphatic carbocycles. The summed E-state index contributed by atoms with van der Waals surface area (Å²) in [6.45, 7) is 5.24. The summed E-state index contributed by atoms with van der Waals surface area (Å²) in [5.74, 6) is -0.138. The predicted molar refractivity (Wildman–Crippen MR) is 62.6 cm³/mol. The summed E-state index contributed by atoms with van der Waals surface area (Å²) in [5, 5.41) is 2.73. The number of rotatable bonds is 2. The standard InChI is InChI=1S/C10H10INO/c1-7(2)10(13)12-9-5-3-8(11)4-6-9/h3-6H,1H2,2H3,(H,12,13). The number of nitrogens with one attached hydrogen (secondary N) is 1. The molecule has 2 nitrogen and oxygen atoms in total. The van der Waals surface area contributed by atoms with E-state index in [9.17, 15) is 4.79 Å². The number of anilines is 1. The zero-order valence-corrected chi connectivity index (χ0v) is 9.46. The fourth-order valence-electron chi connectivity index (χ4n) is 0.771. The van der Waals surface area contributed by atoms with Gasteiger partial charge < -0.3 is 5.32 Å². The van der Waals surface area contributed by atoms with Gasteiger partial charge in [-0.2, -0.15) is 0 Å². The van der Waals surface area contributed by atoms with Gasteiger partial charge in [0.15, 0.2) is 0 Å². The highest BCUT2D eigenvalue weighted by Crippen LogP contribution is 2.11. The highest BCUT2D eigenvalue weighted by molar-refractivity contribution is 14.1. The molecular weight excluding hydrogens is 277 g/mol. The highest BCUT2D eigenvalue weighted by Gasteiger charge is 2.01. The van der Waals surface area contributed by atoms with E-state index >= 15 is 0 Å². The van der Waals surface area contributed by atoms with Crippen LogP contribution < -0.4 is 5.32 Å². The average molecular weight is 287 g/mol. The van der Waals surface area contributed by atoms with Crippen molar-refractivity contribution in [1.29, 1.82) is 0 Å². The SMILES string of the molecule is C=C(C)C(=O)Nc1ccc(I)cc1. The molecule has 0 radical (unpaired) electrons. The van der Waals surface area contributed by atoms with Crippen molar-refractivity contribution >= 4 is 34.2 Å². The Kier molecular flexibility index (Phi) is 3.48. The van der Waals surface area contributed by atoms with Crippen molar-refractivity contribution < 1.29 is 4.79 Å². The van der Waals surface area contributed by atoms with E-state index in [1.165, 1.54) is 0 Å². The molecule has 68 valence electrons. The molecule has 3 heteroatoms. The lowest BCUT2D eigenvalue weighted by Gasteiger charge is -2.03. The van der Waals surface area contributed by atoms with Crippen LogP contribution in [0, 0.1) is 3.57 Å². The van der Waals surface area contributed by atoms with Gasteiger partial charge in [-0.15, -0.1) is 0 Å². The Labute approximate surface area is 91.2 Å². The molecule has 1 rings (SSSR count). The molecule has 1 N–H and O–H groups in total. The number of carbonyl (C=O) groups is 1. The summed E-state index contributed by atoms with van der Waals surface area (Å²) < 4.78 is 1.14. The molecule has 0 heterocycles. The molecule has 0 saturated carbocycles. The Morgan fingerprint density at radius 2 is 1.92 bits per heavy atom. The molecule has 0 aliphatic heterocycles. The van der Waals surface area contributed by atoms with Crippen LogP contribution in [0.5, 0.6) is 0 Å². The number of hydrogen-bond donors (Lipinski definition) is 1. The zero-order valence-electron chi connectivity index (χ0n) is 7.30. The average Bonchev–Trinajstić information content (AvgIpc) is 2.08. The van der Waals surface area contributed by atoms with Crippen LogP contribution in [0.25, 0.3) is 0 Å². The van der Waals surface area contributed by atoms with E-state index in [0.29, 0.717) is 5.57 Å². The number of benzene rings is 1. The third-order valence-corrected chi connectivity index (χ3v) is 2.21. The highest BCUT2D eigenvalue weighted by atomic mass is 127. The van der Waals surface area contributed by atoms with Crippen LogP contribution in [-0.4, -0.2) is 5.91 Å². The first-order valence-corrected chi connectivity index (χ1v) is 4.90. The fourth-order valence-corrected chi connectivity index (χ4v) is 1.13. The van der Waals surface area contributed by atoms with Gasteiger partial charge in [-0.05, 0) is 53.8 Å². The molecule has 0 aliphatic rings. The second-order valence-electron chi connectivity index (χ2n) is 2.74. The molecule has 0 saturated heterocycles. The Morgan fingerprint density at radius 3 is 2.38 bits per heavy atom. The van der Waals surface area contributed by atoms with Crippen molar-refractivity contribution in [2.75, 3.05) is 5.32 Å². The lowest BCUT2D eigenvalue weighted by Crippen LogP contribution is -2.11. The first-order chi connectivity index (χ1) is 6.09. The van der Waals surface area contributed by atoms with Gasteiger partial charge in [0, 0.05) is 14.8 Å². The second kappa shape index (κ2) is 4.41. The maximum atomic E-state index is 11.2. The zero-order chi connectivity index (χ0) is 9.84. The van der Waals surface area contributed by atoms with Crippen LogP contribution in [0.4, 0.5) is 5.69 Å². The van der Waals surface area contributed by atoms with Crippen LogP contribution in [-0.2, 0) is 4.79 Å². The van der Waals surface area contributed by atoms with Gasteiger partial charge in [0.1, 0.15) is 0 Å². The van der Waals surface area contributed by atoms with Gasteiger partial charge in [-0.1, -0.05) is 6.58 Å². The maximum Gasteiger partial charge on any atom is 0.250 e. The second-order valence-corrected chi connectivity index (χ2v) is 3.99. The van der Waals surface area contributed by atoms with Gasteiger partial charge in [-0.25, -0.2) is 0 Å². The van der Waals surface area contributed by atoms with Crippen LogP contribution >= 0.6 is 22.6 Å². The van der Waals surface area contributed by atoms with Crippen LogP contribution in [0.15, 0.2) is 36.4 Å². The van der Waals surface area contributed by atoms with Crippen molar-refractivity contribution in [2.45, 2.75) is 6.92 Å². The summed E-state index contributed by atoms with van der Waals surface area (Å²) in [4.78, 5) is 11.2. The first kappa shape index (κ1) is 10.2. The minimum atomic E-state index is -0.138. The smallest absolute Gasteiger partial charge is 0.250 e. The Morgan fingerprint density at radius 1 is 1.38 bits per heavy atom.